The van der Waals surface area contributed by atoms with Gasteiger partial charge in [0.05, 0.1) is 21.6 Å². The molecule has 3 rings (SSSR count). The van der Waals surface area contributed by atoms with Crippen LogP contribution < -0.4 is 20.9 Å². The third kappa shape index (κ3) is 5.38. The molecular weight excluding hydrogens is 418 g/mol. The van der Waals surface area contributed by atoms with Crippen LogP contribution in [0.15, 0.2) is 18.2 Å². The van der Waals surface area contributed by atoms with Gasteiger partial charge in [0.25, 0.3) is 0 Å². The fourth-order valence-corrected chi connectivity index (χ4v) is 4.30. The summed E-state index contributed by atoms with van der Waals surface area (Å²) in [7, 11) is 1.69. The molecule has 0 fully saturated rings. The van der Waals surface area contributed by atoms with Crippen molar-refractivity contribution in [1.29, 1.82) is 0 Å². The molecule has 2 aromatic rings. The lowest BCUT2D eigenvalue weighted by molar-refractivity contribution is -0.124. The minimum Gasteiger partial charge on any atom is -0.381 e. The number of hydrogen-bond acceptors (Lipinski definition) is 6. The van der Waals surface area contributed by atoms with Gasteiger partial charge in [-0.15, -0.1) is 11.3 Å². The predicted octanol–water partition coefficient (Wildman–Crippen LogP) is 4.37. The van der Waals surface area contributed by atoms with E-state index in [1.54, 1.807) is 7.05 Å². The Morgan fingerprint density at radius 1 is 1.40 bits per heavy atom. The van der Waals surface area contributed by atoms with E-state index in [0.29, 0.717) is 12.4 Å². The Balaban J connectivity index is 1.86. The standard InChI is InChI=1S/C22H28ClN5OS/c1-5-15(22(29)24-4)10-11-28-13-25-20-18(26-14(2)3)12-16(27-21(20)28)6-7-17-8-9-19(23)30-17/h8-9,12,14-15,25H,5,10-11,13H2,1-4H3,(H,24,29)(H,26,27). The zero-order chi connectivity index (χ0) is 21.7. The summed E-state index contributed by atoms with van der Waals surface area (Å²) in [6.07, 6.45) is 1.59. The monoisotopic (exact) mass is 445 g/mol. The van der Waals surface area contributed by atoms with Crippen molar-refractivity contribution in [3.8, 4) is 11.8 Å². The first kappa shape index (κ1) is 22.3. The number of nitrogens with one attached hydrogen (secondary N) is 3. The summed E-state index contributed by atoms with van der Waals surface area (Å²) in [5.74, 6) is 7.29. The van der Waals surface area contributed by atoms with Crippen LogP contribution in [0.25, 0.3) is 0 Å². The van der Waals surface area contributed by atoms with E-state index in [1.807, 2.05) is 25.1 Å². The first-order valence-corrected chi connectivity index (χ1v) is 11.4. The molecule has 3 heterocycles. The largest absolute Gasteiger partial charge is 0.381 e. The Hall–Kier alpha value is -2.43. The van der Waals surface area contributed by atoms with Gasteiger partial charge in [0.2, 0.25) is 5.91 Å². The fraction of sp³-hybridized carbons (Fsp3) is 0.455. The summed E-state index contributed by atoms with van der Waals surface area (Å²) in [6, 6.07) is 6.03. The second-order valence-corrected chi connectivity index (χ2v) is 9.23. The number of hydrogen-bond donors (Lipinski definition) is 3. The molecule has 2 aromatic heterocycles. The number of fused-ring (bicyclic) bond motifs is 1. The van der Waals surface area contributed by atoms with Gasteiger partial charge in [-0.3, -0.25) is 4.79 Å². The van der Waals surface area contributed by atoms with E-state index >= 15 is 0 Å². The first-order chi connectivity index (χ1) is 14.4. The first-order valence-electron chi connectivity index (χ1n) is 10.2. The van der Waals surface area contributed by atoms with Crippen molar-refractivity contribution in [2.24, 2.45) is 5.92 Å². The van der Waals surface area contributed by atoms with E-state index in [2.05, 4.69) is 46.5 Å². The number of anilines is 3. The Labute approximate surface area is 187 Å². The molecule has 0 saturated carbocycles. The second kappa shape index (κ2) is 10.1. The molecule has 0 aliphatic carbocycles. The topological polar surface area (TPSA) is 69.3 Å². The molecule has 1 aliphatic rings. The molecule has 160 valence electrons. The maximum atomic E-state index is 12.0. The third-order valence-electron chi connectivity index (χ3n) is 4.94. The smallest absolute Gasteiger partial charge is 0.222 e. The van der Waals surface area contributed by atoms with E-state index in [1.165, 1.54) is 11.3 Å². The van der Waals surface area contributed by atoms with Gasteiger partial charge >= 0.3 is 0 Å². The molecule has 1 amide bonds. The van der Waals surface area contributed by atoms with E-state index in [0.717, 1.165) is 45.8 Å². The van der Waals surface area contributed by atoms with E-state index < -0.39 is 0 Å². The highest BCUT2D eigenvalue weighted by atomic mass is 35.5. The number of halogens is 1. The van der Waals surface area contributed by atoms with Crippen molar-refractivity contribution in [2.45, 2.75) is 39.7 Å². The number of carbonyl (C=O) groups is 1. The van der Waals surface area contributed by atoms with Crippen molar-refractivity contribution in [3.63, 3.8) is 0 Å². The number of thiophene rings is 1. The normalized spacial score (nSPS) is 13.3. The summed E-state index contributed by atoms with van der Waals surface area (Å²) in [5.41, 5.74) is 2.68. The Morgan fingerprint density at radius 2 is 2.20 bits per heavy atom. The van der Waals surface area contributed by atoms with E-state index in [9.17, 15) is 4.79 Å². The van der Waals surface area contributed by atoms with Crippen molar-refractivity contribution < 1.29 is 4.79 Å². The minimum atomic E-state index is -0.00105. The summed E-state index contributed by atoms with van der Waals surface area (Å²) in [4.78, 5) is 20.0. The molecule has 0 aromatic carbocycles. The summed E-state index contributed by atoms with van der Waals surface area (Å²) in [6.45, 7) is 7.67. The molecule has 0 saturated heterocycles. The van der Waals surface area contributed by atoms with Crippen molar-refractivity contribution >= 4 is 46.0 Å². The van der Waals surface area contributed by atoms with Crippen LogP contribution >= 0.6 is 22.9 Å². The zero-order valence-electron chi connectivity index (χ0n) is 17.8. The predicted molar refractivity (Wildman–Crippen MR) is 127 cm³/mol. The van der Waals surface area contributed by atoms with Crippen LogP contribution in [0.1, 0.15) is 44.2 Å². The lowest BCUT2D eigenvalue weighted by Gasteiger charge is -2.21. The van der Waals surface area contributed by atoms with Gasteiger partial charge < -0.3 is 20.9 Å². The van der Waals surface area contributed by atoms with Gasteiger partial charge in [-0.25, -0.2) is 4.98 Å². The lowest BCUT2D eigenvalue weighted by atomic mass is 10.0. The molecule has 1 atom stereocenters. The molecule has 8 heteroatoms. The van der Waals surface area contributed by atoms with E-state index in [4.69, 9.17) is 16.6 Å². The van der Waals surface area contributed by atoms with Crippen molar-refractivity contribution in [2.75, 3.05) is 35.8 Å². The number of nitrogens with zero attached hydrogens (tertiary/aromatic N) is 2. The van der Waals surface area contributed by atoms with Crippen LogP contribution in [0.5, 0.6) is 0 Å². The van der Waals surface area contributed by atoms with E-state index in [-0.39, 0.29) is 17.9 Å². The number of rotatable bonds is 7. The quantitative estimate of drug-likeness (QED) is 0.552. The Morgan fingerprint density at radius 3 is 2.83 bits per heavy atom. The highest BCUT2D eigenvalue weighted by Crippen LogP contribution is 2.37. The van der Waals surface area contributed by atoms with Crippen molar-refractivity contribution in [1.82, 2.24) is 10.3 Å². The van der Waals surface area contributed by atoms with Crippen LogP contribution in [0.4, 0.5) is 17.2 Å². The maximum Gasteiger partial charge on any atom is 0.222 e. The average molecular weight is 446 g/mol. The Kier molecular flexibility index (Phi) is 7.46. The molecule has 0 bridgehead atoms. The number of carbonyl (C=O) groups excluding carboxylic acids is 1. The fourth-order valence-electron chi connectivity index (χ4n) is 3.40. The van der Waals surface area contributed by atoms with Gasteiger partial charge in [-0.05, 0) is 56.7 Å². The highest BCUT2D eigenvalue weighted by molar-refractivity contribution is 7.16. The van der Waals surface area contributed by atoms with Crippen LogP contribution in [0.2, 0.25) is 4.34 Å². The third-order valence-corrected chi connectivity index (χ3v) is 6.08. The molecular formula is C22H28ClN5OS. The molecule has 1 aliphatic heterocycles. The molecule has 0 radical (unpaired) electrons. The van der Waals surface area contributed by atoms with Crippen molar-refractivity contribution in [3.05, 3.63) is 33.1 Å². The molecule has 1 unspecified atom stereocenters. The lowest BCUT2D eigenvalue weighted by Crippen LogP contribution is -2.32. The van der Waals surface area contributed by atoms with Gasteiger partial charge in [0.15, 0.2) is 5.82 Å². The summed E-state index contributed by atoms with van der Waals surface area (Å²) in [5, 5.41) is 9.70. The molecule has 0 spiro atoms. The Bertz CT molecular complexity index is 962. The second-order valence-electron chi connectivity index (χ2n) is 7.51. The molecule has 6 nitrogen and oxygen atoms in total. The zero-order valence-corrected chi connectivity index (χ0v) is 19.4. The van der Waals surface area contributed by atoms with Gasteiger partial charge in [0, 0.05) is 25.6 Å². The summed E-state index contributed by atoms with van der Waals surface area (Å²) < 4.78 is 0.723. The van der Waals surface area contributed by atoms with Gasteiger partial charge in [-0.1, -0.05) is 18.5 Å². The maximum absolute atomic E-state index is 12.0. The SMILES string of the molecule is CCC(CCN1CNc2c(NC(C)C)cc(C#Cc3ccc(Cl)s3)nc21)C(=O)NC. The number of pyridine rings is 1. The van der Waals surface area contributed by atoms with Gasteiger partial charge in [-0.2, -0.15) is 0 Å². The van der Waals surface area contributed by atoms with Crippen LogP contribution in [0, 0.1) is 17.8 Å². The average Bonchev–Trinajstić information content (AvgIpc) is 3.32. The highest BCUT2D eigenvalue weighted by Gasteiger charge is 2.26. The number of amides is 1. The minimum absolute atomic E-state index is 0.00105. The molecule has 30 heavy (non-hydrogen) atoms. The van der Waals surface area contributed by atoms with Gasteiger partial charge in [0.1, 0.15) is 11.4 Å². The molecule has 3 N–H and O–H groups in total. The number of aromatic nitrogens is 1. The van der Waals surface area contributed by atoms with Crippen LogP contribution in [-0.2, 0) is 4.79 Å². The van der Waals surface area contributed by atoms with Crippen LogP contribution in [0.3, 0.4) is 0 Å². The summed E-state index contributed by atoms with van der Waals surface area (Å²) >= 11 is 7.46. The van der Waals surface area contributed by atoms with Crippen LogP contribution in [-0.4, -0.2) is 37.2 Å².